The minimum Gasteiger partial charge on any atom is -0.242 e. The van der Waals surface area contributed by atoms with Crippen LogP contribution < -0.4 is 0 Å². The Bertz CT molecular complexity index is 494. The minimum atomic E-state index is -1.09. The van der Waals surface area contributed by atoms with Crippen molar-refractivity contribution in [2.24, 2.45) is 0 Å². The van der Waals surface area contributed by atoms with E-state index in [1.807, 2.05) is 12.1 Å². The van der Waals surface area contributed by atoms with Crippen LogP contribution in [-0.4, -0.2) is 0 Å². The van der Waals surface area contributed by atoms with E-state index in [1.54, 1.807) is 24.3 Å². The van der Waals surface area contributed by atoms with Crippen LogP contribution in [0.15, 0.2) is 53.0 Å². The molecular formula is C14H11BrF2. The number of alkyl halides is 1. The Morgan fingerprint density at radius 1 is 1.00 bits per heavy atom. The molecule has 0 fully saturated rings. The molecule has 0 radical (unpaired) electrons. The number of hydrogen-bond acceptors (Lipinski definition) is 0. The number of benzene rings is 2. The molecule has 0 N–H and O–H groups in total. The molecule has 17 heavy (non-hydrogen) atoms. The Labute approximate surface area is 107 Å². The fraction of sp³-hybridized carbons (Fsp3) is 0.143. The van der Waals surface area contributed by atoms with Crippen molar-refractivity contribution in [3.05, 3.63) is 69.9 Å². The monoisotopic (exact) mass is 296 g/mol. The second-order valence-electron chi connectivity index (χ2n) is 3.82. The summed E-state index contributed by atoms with van der Waals surface area (Å²) in [4.78, 5) is 0. The maximum absolute atomic E-state index is 14.1. The van der Waals surface area contributed by atoms with E-state index in [9.17, 15) is 8.78 Å². The average Bonchev–Trinajstić information content (AvgIpc) is 2.32. The summed E-state index contributed by atoms with van der Waals surface area (Å²) in [6, 6.07) is 13.1. The molecule has 88 valence electrons. The third-order valence-electron chi connectivity index (χ3n) is 2.57. The highest BCUT2D eigenvalue weighted by atomic mass is 79.9. The molecule has 0 amide bonds. The lowest BCUT2D eigenvalue weighted by Gasteiger charge is -2.10. The molecule has 1 atom stereocenters. The molecule has 0 heterocycles. The Kier molecular flexibility index (Phi) is 3.89. The highest BCUT2D eigenvalue weighted by Crippen LogP contribution is 2.28. The zero-order valence-corrected chi connectivity index (χ0v) is 10.6. The lowest BCUT2D eigenvalue weighted by atomic mass is 10.0. The van der Waals surface area contributed by atoms with Crippen LogP contribution in [0.3, 0.4) is 0 Å². The second-order valence-corrected chi connectivity index (χ2v) is 4.67. The van der Waals surface area contributed by atoms with Crippen molar-refractivity contribution in [3.8, 4) is 0 Å². The van der Waals surface area contributed by atoms with Crippen molar-refractivity contribution in [2.45, 2.75) is 12.6 Å². The molecule has 0 nitrogen and oxygen atoms in total. The SMILES string of the molecule is Fc1ccc(CC(F)c2ccccc2Br)cc1. The quantitative estimate of drug-likeness (QED) is 0.760. The Hall–Kier alpha value is -1.22. The van der Waals surface area contributed by atoms with E-state index < -0.39 is 6.17 Å². The van der Waals surface area contributed by atoms with Gasteiger partial charge in [0.05, 0.1) is 0 Å². The molecule has 0 spiro atoms. The lowest BCUT2D eigenvalue weighted by Crippen LogP contribution is -1.98. The van der Waals surface area contributed by atoms with Crippen LogP contribution in [-0.2, 0) is 6.42 Å². The van der Waals surface area contributed by atoms with Gasteiger partial charge >= 0.3 is 0 Å². The van der Waals surface area contributed by atoms with E-state index in [2.05, 4.69) is 15.9 Å². The van der Waals surface area contributed by atoms with Crippen molar-refractivity contribution in [1.82, 2.24) is 0 Å². The van der Waals surface area contributed by atoms with Gasteiger partial charge < -0.3 is 0 Å². The molecule has 0 saturated heterocycles. The zero-order valence-electron chi connectivity index (χ0n) is 9.04. The highest BCUT2D eigenvalue weighted by Gasteiger charge is 2.13. The normalized spacial score (nSPS) is 12.4. The predicted octanol–water partition coefficient (Wildman–Crippen LogP) is 4.84. The van der Waals surface area contributed by atoms with Gasteiger partial charge in [0.2, 0.25) is 0 Å². The maximum atomic E-state index is 14.1. The predicted molar refractivity (Wildman–Crippen MR) is 68.1 cm³/mol. The Balaban J connectivity index is 2.14. The number of rotatable bonds is 3. The van der Waals surface area contributed by atoms with E-state index in [0.29, 0.717) is 5.56 Å². The summed E-state index contributed by atoms with van der Waals surface area (Å²) in [7, 11) is 0. The minimum absolute atomic E-state index is 0.253. The first kappa shape index (κ1) is 12.2. The van der Waals surface area contributed by atoms with Gasteiger partial charge in [-0.15, -0.1) is 0 Å². The molecule has 0 aromatic heterocycles. The first-order chi connectivity index (χ1) is 8.16. The van der Waals surface area contributed by atoms with Crippen LogP contribution in [0.2, 0.25) is 0 Å². The smallest absolute Gasteiger partial charge is 0.130 e. The fourth-order valence-electron chi connectivity index (χ4n) is 1.67. The summed E-state index contributed by atoms with van der Waals surface area (Å²) in [5.74, 6) is -0.301. The van der Waals surface area contributed by atoms with Gasteiger partial charge in [0.1, 0.15) is 12.0 Å². The van der Waals surface area contributed by atoms with Gasteiger partial charge in [-0.05, 0) is 23.8 Å². The molecule has 2 aromatic rings. The van der Waals surface area contributed by atoms with Gasteiger partial charge in [-0.1, -0.05) is 46.3 Å². The second kappa shape index (κ2) is 5.41. The first-order valence-corrected chi connectivity index (χ1v) is 6.09. The van der Waals surface area contributed by atoms with Crippen LogP contribution in [0, 0.1) is 5.82 Å². The molecule has 0 aliphatic heterocycles. The van der Waals surface area contributed by atoms with Crippen LogP contribution >= 0.6 is 15.9 Å². The number of hydrogen-bond donors (Lipinski definition) is 0. The van der Waals surface area contributed by atoms with Crippen molar-refractivity contribution in [2.75, 3.05) is 0 Å². The summed E-state index contributed by atoms with van der Waals surface area (Å²) in [6.45, 7) is 0. The molecule has 1 unspecified atom stereocenters. The summed E-state index contributed by atoms with van der Waals surface area (Å²) in [5.41, 5.74) is 1.41. The van der Waals surface area contributed by atoms with Crippen LogP contribution in [0.1, 0.15) is 17.3 Å². The van der Waals surface area contributed by atoms with E-state index in [-0.39, 0.29) is 12.2 Å². The third kappa shape index (κ3) is 3.13. The number of halogens is 3. The van der Waals surface area contributed by atoms with Crippen molar-refractivity contribution in [1.29, 1.82) is 0 Å². The van der Waals surface area contributed by atoms with Gasteiger partial charge in [-0.25, -0.2) is 8.78 Å². The summed E-state index contributed by atoms with van der Waals surface area (Å²) in [5, 5.41) is 0. The maximum Gasteiger partial charge on any atom is 0.130 e. The average molecular weight is 297 g/mol. The molecule has 2 rings (SSSR count). The Morgan fingerprint density at radius 2 is 1.65 bits per heavy atom. The standard InChI is InChI=1S/C14H11BrF2/c15-13-4-2-1-3-12(13)14(17)9-10-5-7-11(16)8-6-10/h1-8,14H,9H2. The van der Waals surface area contributed by atoms with Gasteiger partial charge in [-0.2, -0.15) is 0 Å². The van der Waals surface area contributed by atoms with Gasteiger partial charge in [0, 0.05) is 16.5 Å². The molecular weight excluding hydrogens is 286 g/mol. The largest absolute Gasteiger partial charge is 0.242 e. The highest BCUT2D eigenvalue weighted by molar-refractivity contribution is 9.10. The summed E-state index contributed by atoms with van der Waals surface area (Å²) < 4.78 is 27.5. The van der Waals surface area contributed by atoms with E-state index >= 15 is 0 Å². The molecule has 2 aromatic carbocycles. The molecule has 0 aliphatic carbocycles. The molecule has 0 bridgehead atoms. The van der Waals surface area contributed by atoms with Crippen LogP contribution in [0.4, 0.5) is 8.78 Å². The van der Waals surface area contributed by atoms with Crippen molar-refractivity contribution >= 4 is 15.9 Å². The Morgan fingerprint density at radius 3 is 2.29 bits per heavy atom. The van der Waals surface area contributed by atoms with Gasteiger partial charge in [0.25, 0.3) is 0 Å². The van der Waals surface area contributed by atoms with E-state index in [4.69, 9.17) is 0 Å². The summed E-state index contributed by atoms with van der Waals surface area (Å²) in [6.07, 6.45) is -0.834. The van der Waals surface area contributed by atoms with Gasteiger partial charge in [0.15, 0.2) is 0 Å². The van der Waals surface area contributed by atoms with Gasteiger partial charge in [-0.3, -0.25) is 0 Å². The van der Waals surface area contributed by atoms with Crippen LogP contribution in [0.25, 0.3) is 0 Å². The van der Waals surface area contributed by atoms with E-state index in [1.165, 1.54) is 12.1 Å². The fourth-order valence-corrected chi connectivity index (χ4v) is 2.20. The topological polar surface area (TPSA) is 0 Å². The first-order valence-electron chi connectivity index (χ1n) is 5.30. The third-order valence-corrected chi connectivity index (χ3v) is 3.29. The van der Waals surface area contributed by atoms with E-state index in [0.717, 1.165) is 10.0 Å². The zero-order chi connectivity index (χ0) is 12.3. The van der Waals surface area contributed by atoms with Crippen LogP contribution in [0.5, 0.6) is 0 Å². The molecule has 0 aliphatic rings. The molecule has 0 saturated carbocycles. The van der Waals surface area contributed by atoms with Crippen molar-refractivity contribution < 1.29 is 8.78 Å². The molecule has 3 heteroatoms. The van der Waals surface area contributed by atoms with Crippen molar-refractivity contribution in [3.63, 3.8) is 0 Å². The lowest BCUT2D eigenvalue weighted by molar-refractivity contribution is 0.341. The summed E-state index contributed by atoms with van der Waals surface area (Å²) >= 11 is 3.32.